The van der Waals surface area contributed by atoms with Gasteiger partial charge < -0.3 is 0 Å². The van der Waals surface area contributed by atoms with Gasteiger partial charge in [0.1, 0.15) is 17.3 Å². The van der Waals surface area contributed by atoms with E-state index in [4.69, 9.17) is 0 Å². The number of Topliss-reactive ketones (excluding diaryl/α,β-unsaturated/α-hetero) is 4. The molecule has 1 saturated carbocycles. The molecule has 0 spiro atoms. The Hall–Kier alpha value is -1.58. The van der Waals surface area contributed by atoms with E-state index < -0.39 is 0 Å². The van der Waals surface area contributed by atoms with Gasteiger partial charge >= 0.3 is 0 Å². The molecule has 0 bridgehead atoms. The predicted octanol–water partition coefficient (Wildman–Crippen LogP) is 3.47. The average Bonchev–Trinajstić information content (AvgIpc) is 2.50. The summed E-state index contributed by atoms with van der Waals surface area (Å²) in [4.78, 5) is 47.2. The third-order valence-corrected chi connectivity index (χ3v) is 4.87. The summed E-state index contributed by atoms with van der Waals surface area (Å²) >= 11 is 0. The van der Waals surface area contributed by atoms with Crippen LogP contribution in [-0.4, -0.2) is 23.1 Å². The largest absolute Gasteiger partial charge is 0.300 e. The Bertz CT molecular complexity index is 481. The summed E-state index contributed by atoms with van der Waals surface area (Å²) < 4.78 is 0. The lowest BCUT2D eigenvalue weighted by Crippen LogP contribution is -2.33. The molecule has 2 unspecified atom stereocenters. The van der Waals surface area contributed by atoms with E-state index in [1.165, 1.54) is 13.8 Å². The number of unbranched alkanes of at least 4 members (excludes halogenated alkanes) is 1. The van der Waals surface area contributed by atoms with Gasteiger partial charge in [0, 0.05) is 30.6 Å². The van der Waals surface area contributed by atoms with Crippen LogP contribution in [0.25, 0.3) is 0 Å². The molecule has 128 valence electrons. The zero-order valence-corrected chi connectivity index (χ0v) is 14.5. The van der Waals surface area contributed by atoms with Gasteiger partial charge in [0.05, 0.1) is 0 Å². The van der Waals surface area contributed by atoms with Gasteiger partial charge in [0.25, 0.3) is 0 Å². The Labute approximate surface area is 138 Å². The van der Waals surface area contributed by atoms with Crippen molar-refractivity contribution in [1.82, 2.24) is 0 Å². The number of carbonyl (C=O) groups excluding carboxylic acids is 4. The second-order valence-corrected chi connectivity index (χ2v) is 6.90. The van der Waals surface area contributed by atoms with Crippen LogP contribution in [0.4, 0.5) is 0 Å². The molecule has 2 atom stereocenters. The molecule has 0 amide bonds. The highest BCUT2D eigenvalue weighted by Crippen LogP contribution is 2.35. The lowest BCUT2D eigenvalue weighted by atomic mass is 9.70. The first-order valence-electron chi connectivity index (χ1n) is 8.44. The molecule has 0 aromatic heterocycles. The molecule has 1 fully saturated rings. The van der Waals surface area contributed by atoms with E-state index in [1.807, 2.05) is 0 Å². The van der Waals surface area contributed by atoms with E-state index in [2.05, 4.69) is 6.58 Å². The van der Waals surface area contributed by atoms with Crippen molar-refractivity contribution >= 4 is 23.1 Å². The van der Waals surface area contributed by atoms with Crippen molar-refractivity contribution < 1.29 is 19.2 Å². The van der Waals surface area contributed by atoms with Gasteiger partial charge in [-0.1, -0.05) is 6.58 Å². The summed E-state index contributed by atoms with van der Waals surface area (Å²) in [6.45, 7) is 8.38. The van der Waals surface area contributed by atoms with Crippen LogP contribution in [-0.2, 0) is 19.2 Å². The van der Waals surface area contributed by atoms with Crippen molar-refractivity contribution in [3.8, 4) is 0 Å². The van der Waals surface area contributed by atoms with Crippen LogP contribution in [0.5, 0.6) is 0 Å². The number of hydrogen-bond donors (Lipinski definition) is 0. The molecular weight excluding hydrogens is 292 g/mol. The molecule has 0 N–H and O–H groups in total. The second kappa shape index (κ2) is 8.90. The summed E-state index contributed by atoms with van der Waals surface area (Å²) in [6.07, 6.45) is 3.93. The fourth-order valence-electron chi connectivity index (χ4n) is 3.25. The van der Waals surface area contributed by atoms with Crippen molar-refractivity contribution in [1.29, 1.82) is 0 Å². The van der Waals surface area contributed by atoms with Gasteiger partial charge in [-0.25, -0.2) is 0 Å². The second-order valence-electron chi connectivity index (χ2n) is 6.90. The molecule has 23 heavy (non-hydrogen) atoms. The fraction of sp³-hybridized carbons (Fsp3) is 0.684. The van der Waals surface area contributed by atoms with Crippen molar-refractivity contribution in [2.75, 3.05) is 0 Å². The smallest absolute Gasteiger partial charge is 0.157 e. The van der Waals surface area contributed by atoms with E-state index in [0.717, 1.165) is 0 Å². The molecule has 0 radical (unpaired) electrons. The first kappa shape index (κ1) is 19.5. The van der Waals surface area contributed by atoms with Gasteiger partial charge in [0.15, 0.2) is 5.78 Å². The molecule has 0 aliphatic heterocycles. The van der Waals surface area contributed by atoms with Crippen molar-refractivity contribution in [2.45, 2.75) is 65.7 Å². The summed E-state index contributed by atoms with van der Waals surface area (Å²) in [7, 11) is 0. The molecule has 1 aliphatic rings. The minimum Gasteiger partial charge on any atom is -0.300 e. The van der Waals surface area contributed by atoms with Crippen LogP contribution >= 0.6 is 0 Å². The van der Waals surface area contributed by atoms with Crippen molar-refractivity contribution in [3.05, 3.63) is 12.2 Å². The maximum Gasteiger partial charge on any atom is 0.157 e. The number of hydrogen-bond acceptors (Lipinski definition) is 4. The third-order valence-electron chi connectivity index (χ3n) is 4.87. The topological polar surface area (TPSA) is 68.3 Å². The zero-order chi connectivity index (χ0) is 17.6. The predicted molar refractivity (Wildman–Crippen MR) is 89.0 cm³/mol. The molecule has 1 rings (SSSR count). The normalized spacial score (nSPS) is 24.0. The molecule has 0 aromatic rings. The Morgan fingerprint density at radius 1 is 0.783 bits per heavy atom. The first-order valence-corrected chi connectivity index (χ1v) is 8.44. The highest BCUT2D eigenvalue weighted by atomic mass is 16.1. The van der Waals surface area contributed by atoms with E-state index in [0.29, 0.717) is 50.5 Å². The lowest BCUT2D eigenvalue weighted by molar-refractivity contribution is -0.131. The van der Waals surface area contributed by atoms with Gasteiger partial charge in [-0.05, 0) is 58.4 Å². The fourth-order valence-corrected chi connectivity index (χ4v) is 3.25. The summed E-state index contributed by atoms with van der Waals surface area (Å²) in [6, 6.07) is 0. The number of carbonyl (C=O) groups is 4. The molecule has 4 heteroatoms. The van der Waals surface area contributed by atoms with Crippen molar-refractivity contribution in [2.24, 2.45) is 17.8 Å². The van der Waals surface area contributed by atoms with Gasteiger partial charge in [-0.3, -0.25) is 19.2 Å². The Kier molecular flexibility index (Phi) is 7.53. The van der Waals surface area contributed by atoms with Gasteiger partial charge in [0.2, 0.25) is 0 Å². The quantitative estimate of drug-likeness (QED) is 0.482. The monoisotopic (exact) mass is 320 g/mol. The Balaban J connectivity index is 2.50. The Morgan fingerprint density at radius 2 is 1.22 bits per heavy atom. The van der Waals surface area contributed by atoms with Crippen LogP contribution < -0.4 is 0 Å². The standard InChI is InChI=1S/C19H28O4/c1-12(2)18(22)7-5-6-8-19(23)17-10-15(13(3)20)9-16(11-17)14(4)21/h15-17H,1,5-11H2,2-4H3. The molecule has 4 nitrogen and oxygen atoms in total. The highest BCUT2D eigenvalue weighted by molar-refractivity contribution is 5.94. The van der Waals surface area contributed by atoms with Crippen LogP contribution in [0.3, 0.4) is 0 Å². The highest BCUT2D eigenvalue weighted by Gasteiger charge is 2.36. The number of allylic oxidation sites excluding steroid dienone is 1. The molecular formula is C19H28O4. The van der Waals surface area contributed by atoms with E-state index >= 15 is 0 Å². The molecule has 0 aromatic carbocycles. The number of ketones is 4. The molecule has 1 aliphatic carbocycles. The SMILES string of the molecule is C=C(C)C(=O)CCCCC(=O)C1CC(C(C)=O)CC(C(C)=O)C1. The van der Waals surface area contributed by atoms with Gasteiger partial charge in [-0.2, -0.15) is 0 Å². The summed E-state index contributed by atoms with van der Waals surface area (Å²) in [5.74, 6) is -0.216. The third kappa shape index (κ3) is 6.20. The van der Waals surface area contributed by atoms with Gasteiger partial charge in [-0.15, -0.1) is 0 Å². The van der Waals surface area contributed by atoms with Crippen LogP contribution in [0.1, 0.15) is 65.7 Å². The van der Waals surface area contributed by atoms with Crippen LogP contribution in [0.15, 0.2) is 12.2 Å². The summed E-state index contributed by atoms with van der Waals surface area (Å²) in [5.41, 5.74) is 0.553. The first-order chi connectivity index (χ1) is 10.7. The minimum atomic E-state index is -0.191. The Morgan fingerprint density at radius 3 is 1.65 bits per heavy atom. The molecule has 0 heterocycles. The zero-order valence-electron chi connectivity index (χ0n) is 14.5. The van der Waals surface area contributed by atoms with Crippen LogP contribution in [0.2, 0.25) is 0 Å². The van der Waals surface area contributed by atoms with E-state index in [9.17, 15) is 19.2 Å². The average molecular weight is 320 g/mol. The number of rotatable bonds is 9. The van der Waals surface area contributed by atoms with Crippen LogP contribution in [0, 0.1) is 17.8 Å². The lowest BCUT2D eigenvalue weighted by Gasteiger charge is -2.31. The molecule has 0 saturated heterocycles. The van der Waals surface area contributed by atoms with Crippen molar-refractivity contribution in [3.63, 3.8) is 0 Å². The maximum atomic E-state index is 12.4. The van der Waals surface area contributed by atoms with E-state index in [1.54, 1.807) is 6.92 Å². The maximum absolute atomic E-state index is 12.4. The van der Waals surface area contributed by atoms with E-state index in [-0.39, 0.29) is 40.9 Å². The summed E-state index contributed by atoms with van der Waals surface area (Å²) in [5, 5.41) is 0. The minimum absolute atomic E-state index is 0.0448.